The number of methoxy groups -OCH3 is 1. The van der Waals surface area contributed by atoms with Crippen LogP contribution in [0.25, 0.3) is 0 Å². The molecule has 2 amide bonds. The second kappa shape index (κ2) is 9.71. The zero-order valence-corrected chi connectivity index (χ0v) is 18.2. The Balaban J connectivity index is 1.53. The number of amides is 2. The molecule has 0 bridgehead atoms. The Morgan fingerprint density at radius 2 is 1.91 bits per heavy atom. The van der Waals surface area contributed by atoms with Crippen LogP contribution in [0.2, 0.25) is 0 Å². The first kappa shape index (κ1) is 23.1. The highest BCUT2D eigenvalue weighted by Crippen LogP contribution is 2.42. The summed E-state index contributed by atoms with van der Waals surface area (Å²) in [6, 6.07) is 0. The third-order valence-corrected chi connectivity index (χ3v) is 5.41. The van der Waals surface area contributed by atoms with Crippen LogP contribution in [0, 0.1) is 6.92 Å². The normalized spacial score (nSPS) is 15.7. The first-order valence-electron chi connectivity index (χ1n) is 10.2. The standard InChI is InChI=1S/C22H25NO9/c1-12(5-4-10-30-22(28)32-23-16(24)8-9-17(23)25)6-7-14-19(26)18-15(11-31-21(18)27)13(2)20(14)29-3/h6,26H,4-5,7-11H2,1-3H3/b12-6+. The molecular formula is C22H25NO9. The van der Waals surface area contributed by atoms with Crippen LogP contribution in [0.15, 0.2) is 11.6 Å². The minimum atomic E-state index is -1.11. The number of hydrogen-bond donors (Lipinski definition) is 1. The van der Waals surface area contributed by atoms with Crippen LogP contribution in [-0.4, -0.2) is 47.8 Å². The smallest absolute Gasteiger partial charge is 0.507 e. The topological polar surface area (TPSA) is 129 Å². The van der Waals surface area contributed by atoms with Gasteiger partial charge >= 0.3 is 12.1 Å². The van der Waals surface area contributed by atoms with Crippen LogP contribution in [0.4, 0.5) is 4.79 Å². The number of phenols is 1. The van der Waals surface area contributed by atoms with Gasteiger partial charge in [-0.15, -0.1) is 0 Å². The van der Waals surface area contributed by atoms with Gasteiger partial charge in [0, 0.05) is 24.0 Å². The number of rotatable bonds is 8. The molecule has 32 heavy (non-hydrogen) atoms. The molecule has 1 N–H and O–H groups in total. The first-order valence-corrected chi connectivity index (χ1v) is 10.2. The Morgan fingerprint density at radius 3 is 2.56 bits per heavy atom. The number of aromatic hydroxyl groups is 1. The fourth-order valence-electron chi connectivity index (χ4n) is 3.67. The molecule has 0 aromatic heterocycles. The molecule has 0 aliphatic carbocycles. The summed E-state index contributed by atoms with van der Waals surface area (Å²) in [5, 5.41) is 11.1. The second-order valence-corrected chi connectivity index (χ2v) is 7.54. The lowest BCUT2D eigenvalue weighted by Crippen LogP contribution is -2.32. The molecule has 1 aromatic carbocycles. The van der Waals surface area contributed by atoms with E-state index in [2.05, 4.69) is 4.84 Å². The lowest BCUT2D eigenvalue weighted by atomic mass is 9.94. The van der Waals surface area contributed by atoms with E-state index in [0.717, 1.165) is 11.1 Å². The molecule has 10 nitrogen and oxygen atoms in total. The lowest BCUT2D eigenvalue weighted by molar-refractivity contribution is -0.177. The summed E-state index contributed by atoms with van der Waals surface area (Å²) in [4.78, 5) is 51.0. The molecule has 1 aromatic rings. The average Bonchev–Trinajstić information content (AvgIpc) is 3.30. The summed E-state index contributed by atoms with van der Waals surface area (Å²) in [6.07, 6.45) is 2.23. The van der Waals surface area contributed by atoms with Crippen LogP contribution >= 0.6 is 0 Å². The number of cyclic esters (lactones) is 1. The number of carbonyl (C=O) groups is 4. The van der Waals surface area contributed by atoms with Crippen molar-refractivity contribution in [3.8, 4) is 11.5 Å². The molecule has 1 saturated heterocycles. The molecule has 0 spiro atoms. The summed E-state index contributed by atoms with van der Waals surface area (Å²) >= 11 is 0. The van der Waals surface area contributed by atoms with Gasteiger partial charge in [0.15, 0.2) is 0 Å². The molecule has 0 atom stereocenters. The van der Waals surface area contributed by atoms with Crippen LogP contribution in [0.5, 0.6) is 11.5 Å². The van der Waals surface area contributed by atoms with Crippen molar-refractivity contribution in [2.24, 2.45) is 0 Å². The number of hydrogen-bond acceptors (Lipinski definition) is 9. The van der Waals surface area contributed by atoms with Crippen molar-refractivity contribution >= 4 is 23.9 Å². The Hall–Kier alpha value is -3.56. The van der Waals surface area contributed by atoms with E-state index in [1.807, 2.05) is 19.9 Å². The molecule has 0 radical (unpaired) electrons. The quantitative estimate of drug-likeness (QED) is 0.277. The number of esters is 1. The minimum absolute atomic E-state index is 0.0152. The number of ether oxygens (including phenoxy) is 3. The third kappa shape index (κ3) is 4.68. The SMILES string of the molecule is COc1c(C)c2c(c(O)c1C/C=C(\C)CCCOC(=O)ON1C(=O)CCC1=O)C(=O)OC2. The number of imide groups is 1. The van der Waals surface area contributed by atoms with Gasteiger partial charge in [-0.3, -0.25) is 14.4 Å². The number of benzene rings is 1. The van der Waals surface area contributed by atoms with E-state index in [-0.39, 0.29) is 37.4 Å². The van der Waals surface area contributed by atoms with Gasteiger partial charge in [-0.25, -0.2) is 9.59 Å². The molecule has 2 aliphatic rings. The molecule has 0 unspecified atom stereocenters. The van der Waals surface area contributed by atoms with Gasteiger partial charge < -0.3 is 19.3 Å². The highest BCUT2D eigenvalue weighted by molar-refractivity contribution is 6.01. The van der Waals surface area contributed by atoms with Crippen molar-refractivity contribution in [2.75, 3.05) is 13.7 Å². The van der Waals surface area contributed by atoms with E-state index in [4.69, 9.17) is 14.2 Å². The zero-order chi connectivity index (χ0) is 23.4. The lowest BCUT2D eigenvalue weighted by Gasteiger charge is -2.15. The van der Waals surface area contributed by atoms with Gasteiger partial charge in [-0.2, -0.15) is 0 Å². The van der Waals surface area contributed by atoms with Gasteiger partial charge in [0.25, 0.3) is 11.8 Å². The molecule has 0 saturated carbocycles. The highest BCUT2D eigenvalue weighted by Gasteiger charge is 2.33. The van der Waals surface area contributed by atoms with Gasteiger partial charge in [0.1, 0.15) is 23.7 Å². The molecule has 10 heteroatoms. The average molecular weight is 447 g/mol. The predicted octanol–water partition coefficient (Wildman–Crippen LogP) is 2.87. The molecule has 3 rings (SSSR count). The predicted molar refractivity (Wildman–Crippen MR) is 109 cm³/mol. The van der Waals surface area contributed by atoms with Crippen LogP contribution in [0.3, 0.4) is 0 Å². The molecule has 172 valence electrons. The van der Waals surface area contributed by atoms with Gasteiger partial charge in [0.05, 0.1) is 13.7 Å². The molecule has 2 heterocycles. The Labute approximate surface area is 184 Å². The monoisotopic (exact) mass is 447 g/mol. The molecule has 1 fully saturated rings. The maximum atomic E-state index is 12.0. The minimum Gasteiger partial charge on any atom is -0.507 e. The van der Waals surface area contributed by atoms with Crippen molar-refractivity contribution in [2.45, 2.75) is 52.6 Å². The number of phenolic OH excluding ortho intramolecular Hbond substituents is 1. The maximum Gasteiger partial charge on any atom is 0.533 e. The number of allylic oxidation sites excluding steroid dienone is 2. The molecule has 2 aliphatic heterocycles. The van der Waals surface area contributed by atoms with Crippen molar-refractivity contribution in [1.82, 2.24) is 5.06 Å². The Morgan fingerprint density at radius 1 is 1.22 bits per heavy atom. The van der Waals surface area contributed by atoms with E-state index >= 15 is 0 Å². The number of nitrogens with zero attached hydrogens (tertiary/aromatic N) is 1. The molecular weight excluding hydrogens is 422 g/mol. The Bertz CT molecular complexity index is 980. The summed E-state index contributed by atoms with van der Waals surface area (Å²) in [6.45, 7) is 3.86. The van der Waals surface area contributed by atoms with Crippen molar-refractivity contribution in [1.29, 1.82) is 0 Å². The Kier molecular flexibility index (Phi) is 7.01. The van der Waals surface area contributed by atoms with Crippen LogP contribution < -0.4 is 4.74 Å². The van der Waals surface area contributed by atoms with Gasteiger partial charge in [-0.05, 0) is 38.7 Å². The fraction of sp³-hybridized carbons (Fsp3) is 0.455. The summed E-state index contributed by atoms with van der Waals surface area (Å²) in [7, 11) is 1.51. The third-order valence-electron chi connectivity index (χ3n) is 5.41. The number of carbonyl (C=O) groups excluding carboxylic acids is 4. The zero-order valence-electron chi connectivity index (χ0n) is 18.2. The summed E-state index contributed by atoms with van der Waals surface area (Å²) < 4.78 is 15.4. The van der Waals surface area contributed by atoms with Crippen LogP contribution in [0.1, 0.15) is 59.7 Å². The van der Waals surface area contributed by atoms with E-state index in [0.29, 0.717) is 41.2 Å². The second-order valence-electron chi connectivity index (χ2n) is 7.54. The van der Waals surface area contributed by atoms with Gasteiger partial charge in [-0.1, -0.05) is 16.7 Å². The van der Waals surface area contributed by atoms with E-state index < -0.39 is 23.9 Å². The summed E-state index contributed by atoms with van der Waals surface area (Å²) in [5.41, 5.74) is 3.05. The van der Waals surface area contributed by atoms with Crippen molar-refractivity contribution in [3.05, 3.63) is 33.9 Å². The van der Waals surface area contributed by atoms with E-state index in [1.54, 1.807) is 0 Å². The van der Waals surface area contributed by atoms with E-state index in [9.17, 15) is 24.3 Å². The summed E-state index contributed by atoms with van der Waals surface area (Å²) in [5.74, 6) is -1.31. The van der Waals surface area contributed by atoms with Crippen molar-refractivity contribution in [3.63, 3.8) is 0 Å². The number of hydroxylamine groups is 2. The maximum absolute atomic E-state index is 12.0. The van der Waals surface area contributed by atoms with E-state index in [1.165, 1.54) is 7.11 Å². The van der Waals surface area contributed by atoms with Crippen LogP contribution in [-0.2, 0) is 36.9 Å². The number of fused-ring (bicyclic) bond motifs is 1. The first-order chi connectivity index (χ1) is 15.2. The highest BCUT2D eigenvalue weighted by atomic mass is 16.8. The van der Waals surface area contributed by atoms with Gasteiger partial charge in [0.2, 0.25) is 0 Å². The largest absolute Gasteiger partial charge is 0.533 e. The van der Waals surface area contributed by atoms with Crippen molar-refractivity contribution < 1.29 is 43.3 Å². The fourth-order valence-corrected chi connectivity index (χ4v) is 3.67.